The molecule has 0 spiro atoms. The van der Waals surface area contributed by atoms with Crippen molar-refractivity contribution >= 4 is 18.2 Å². The van der Waals surface area contributed by atoms with Crippen LogP contribution in [0.3, 0.4) is 0 Å². The molecule has 0 saturated heterocycles. The standard InChI is InChI=1S/C8H11N3.ClH/c9-7(8(10)11)6-4-2-1-3-5-6;/h1-5,7H,9H2,(H3,10,11);1H. The van der Waals surface area contributed by atoms with E-state index in [0.717, 1.165) is 5.56 Å². The highest BCUT2D eigenvalue weighted by atomic mass is 35.5. The summed E-state index contributed by atoms with van der Waals surface area (Å²) in [5.41, 5.74) is 11.7. The Kier molecular flexibility index (Phi) is 4.33. The van der Waals surface area contributed by atoms with Crippen molar-refractivity contribution in [3.05, 3.63) is 35.9 Å². The van der Waals surface area contributed by atoms with E-state index in [1.807, 2.05) is 30.3 Å². The smallest absolute Gasteiger partial charge is 0.112 e. The number of halogens is 1. The summed E-state index contributed by atoms with van der Waals surface area (Å²) in [4.78, 5) is 0. The molecule has 1 aromatic carbocycles. The Bertz CT molecular complexity index is 248. The van der Waals surface area contributed by atoms with Crippen LogP contribution in [0.4, 0.5) is 0 Å². The molecule has 3 nitrogen and oxygen atoms in total. The van der Waals surface area contributed by atoms with E-state index >= 15 is 0 Å². The lowest BCUT2D eigenvalue weighted by Gasteiger charge is -2.08. The third-order valence-corrected chi connectivity index (χ3v) is 1.49. The van der Waals surface area contributed by atoms with Gasteiger partial charge in [0.15, 0.2) is 0 Å². The molecule has 0 aromatic heterocycles. The number of nitrogens with one attached hydrogen (secondary N) is 1. The molecule has 4 heteroatoms. The summed E-state index contributed by atoms with van der Waals surface area (Å²) >= 11 is 0. The van der Waals surface area contributed by atoms with Gasteiger partial charge in [-0.2, -0.15) is 0 Å². The number of benzene rings is 1. The Balaban J connectivity index is 0.00000121. The lowest BCUT2D eigenvalue weighted by atomic mass is 10.1. The van der Waals surface area contributed by atoms with Crippen LogP contribution in [0.25, 0.3) is 0 Å². The fourth-order valence-electron chi connectivity index (χ4n) is 0.840. The average molecular weight is 186 g/mol. The van der Waals surface area contributed by atoms with Crippen LogP contribution in [0.1, 0.15) is 11.6 Å². The van der Waals surface area contributed by atoms with Crippen molar-refractivity contribution in [3.63, 3.8) is 0 Å². The molecule has 1 unspecified atom stereocenters. The monoisotopic (exact) mass is 185 g/mol. The van der Waals surface area contributed by atoms with Gasteiger partial charge in [0.05, 0.1) is 6.04 Å². The highest BCUT2D eigenvalue weighted by Gasteiger charge is 2.06. The predicted octanol–water partition coefficient (Wildman–Crippen LogP) is 1.04. The third-order valence-electron chi connectivity index (χ3n) is 1.49. The van der Waals surface area contributed by atoms with Crippen molar-refractivity contribution < 1.29 is 0 Å². The molecular weight excluding hydrogens is 174 g/mol. The summed E-state index contributed by atoms with van der Waals surface area (Å²) in [5.74, 6) is -0.00352. The van der Waals surface area contributed by atoms with Crippen molar-refractivity contribution in [1.82, 2.24) is 0 Å². The molecule has 0 heterocycles. The molecule has 1 rings (SSSR count). The molecule has 0 radical (unpaired) electrons. The maximum atomic E-state index is 7.09. The Morgan fingerprint density at radius 1 is 1.25 bits per heavy atom. The summed E-state index contributed by atoms with van der Waals surface area (Å²) in [6.45, 7) is 0. The van der Waals surface area contributed by atoms with Crippen LogP contribution >= 0.6 is 12.4 Å². The van der Waals surface area contributed by atoms with Crippen molar-refractivity contribution in [2.75, 3.05) is 0 Å². The topological polar surface area (TPSA) is 75.9 Å². The second kappa shape index (κ2) is 4.74. The van der Waals surface area contributed by atoms with E-state index in [1.54, 1.807) is 0 Å². The molecule has 66 valence electrons. The van der Waals surface area contributed by atoms with Crippen LogP contribution in [-0.4, -0.2) is 5.84 Å². The first-order valence-electron chi connectivity index (χ1n) is 3.36. The van der Waals surface area contributed by atoms with Crippen LogP contribution in [0.15, 0.2) is 30.3 Å². The summed E-state index contributed by atoms with van der Waals surface area (Å²) in [7, 11) is 0. The first-order valence-corrected chi connectivity index (χ1v) is 3.36. The minimum atomic E-state index is -0.462. The zero-order valence-corrected chi connectivity index (χ0v) is 7.34. The van der Waals surface area contributed by atoms with Gasteiger partial charge in [0, 0.05) is 0 Å². The van der Waals surface area contributed by atoms with E-state index in [0.29, 0.717) is 0 Å². The first kappa shape index (κ1) is 10.9. The number of amidine groups is 1. The predicted molar refractivity (Wildman–Crippen MR) is 52.5 cm³/mol. The van der Waals surface area contributed by atoms with Crippen molar-refractivity contribution in [2.24, 2.45) is 11.5 Å². The van der Waals surface area contributed by atoms with E-state index in [1.165, 1.54) is 0 Å². The molecule has 0 aliphatic heterocycles. The molecule has 5 N–H and O–H groups in total. The highest BCUT2D eigenvalue weighted by molar-refractivity contribution is 5.85. The van der Waals surface area contributed by atoms with E-state index < -0.39 is 6.04 Å². The van der Waals surface area contributed by atoms with Gasteiger partial charge in [0.1, 0.15) is 5.84 Å². The molecule has 0 saturated carbocycles. The molecule has 0 bridgehead atoms. The van der Waals surface area contributed by atoms with Gasteiger partial charge in [-0.3, -0.25) is 5.41 Å². The molecule has 0 amide bonds. The fourth-order valence-corrected chi connectivity index (χ4v) is 0.840. The van der Waals surface area contributed by atoms with Gasteiger partial charge in [-0.25, -0.2) is 0 Å². The van der Waals surface area contributed by atoms with E-state index in [2.05, 4.69) is 0 Å². The summed E-state index contributed by atoms with van der Waals surface area (Å²) < 4.78 is 0. The minimum absolute atomic E-state index is 0. The molecule has 12 heavy (non-hydrogen) atoms. The van der Waals surface area contributed by atoms with Gasteiger partial charge in [0.2, 0.25) is 0 Å². The summed E-state index contributed by atoms with van der Waals surface area (Å²) in [5, 5.41) is 7.09. The number of rotatable bonds is 2. The van der Waals surface area contributed by atoms with Gasteiger partial charge in [0.25, 0.3) is 0 Å². The number of nitrogens with two attached hydrogens (primary N) is 2. The zero-order chi connectivity index (χ0) is 8.27. The Labute approximate surface area is 77.7 Å². The van der Waals surface area contributed by atoms with Gasteiger partial charge >= 0.3 is 0 Å². The lowest BCUT2D eigenvalue weighted by Crippen LogP contribution is -2.27. The van der Waals surface area contributed by atoms with Gasteiger partial charge in [-0.15, -0.1) is 12.4 Å². The van der Waals surface area contributed by atoms with E-state index in [-0.39, 0.29) is 18.2 Å². The van der Waals surface area contributed by atoms with E-state index in [9.17, 15) is 0 Å². The molecule has 0 aliphatic rings. The highest BCUT2D eigenvalue weighted by Crippen LogP contribution is 2.07. The molecule has 1 atom stereocenters. The SMILES string of the molecule is Cl.N=C(N)C(N)c1ccccc1. The van der Waals surface area contributed by atoms with Crippen LogP contribution < -0.4 is 11.5 Å². The Hall–Kier alpha value is -1.06. The van der Waals surface area contributed by atoms with Crippen molar-refractivity contribution in [1.29, 1.82) is 5.41 Å². The van der Waals surface area contributed by atoms with E-state index in [4.69, 9.17) is 16.9 Å². The zero-order valence-electron chi connectivity index (χ0n) is 6.53. The maximum absolute atomic E-state index is 7.09. The second-order valence-corrected chi connectivity index (χ2v) is 2.34. The molecule has 1 aromatic rings. The quantitative estimate of drug-likeness (QED) is 0.476. The fraction of sp³-hybridized carbons (Fsp3) is 0.125. The number of hydrogen-bond donors (Lipinski definition) is 3. The normalized spacial score (nSPS) is 11.4. The van der Waals surface area contributed by atoms with Crippen LogP contribution in [0.2, 0.25) is 0 Å². The maximum Gasteiger partial charge on any atom is 0.112 e. The molecule has 0 fully saturated rings. The van der Waals surface area contributed by atoms with Gasteiger partial charge < -0.3 is 11.5 Å². The Morgan fingerprint density at radius 3 is 2.17 bits per heavy atom. The Morgan fingerprint density at radius 2 is 1.75 bits per heavy atom. The van der Waals surface area contributed by atoms with Crippen molar-refractivity contribution in [2.45, 2.75) is 6.04 Å². The molecule has 0 aliphatic carbocycles. The third kappa shape index (κ3) is 2.53. The van der Waals surface area contributed by atoms with Crippen LogP contribution in [0.5, 0.6) is 0 Å². The molecular formula is C8H12ClN3. The lowest BCUT2D eigenvalue weighted by molar-refractivity contribution is 0.938. The van der Waals surface area contributed by atoms with Gasteiger partial charge in [-0.05, 0) is 5.56 Å². The van der Waals surface area contributed by atoms with Crippen molar-refractivity contribution in [3.8, 4) is 0 Å². The second-order valence-electron chi connectivity index (χ2n) is 2.34. The largest absolute Gasteiger partial charge is 0.386 e. The average Bonchev–Trinajstić information content (AvgIpc) is 2.05. The van der Waals surface area contributed by atoms with Crippen LogP contribution in [-0.2, 0) is 0 Å². The summed E-state index contributed by atoms with van der Waals surface area (Å²) in [6.07, 6.45) is 0. The van der Waals surface area contributed by atoms with Gasteiger partial charge in [-0.1, -0.05) is 30.3 Å². The minimum Gasteiger partial charge on any atom is -0.386 e. The summed E-state index contributed by atoms with van der Waals surface area (Å²) in [6, 6.07) is 8.89. The number of hydrogen-bond acceptors (Lipinski definition) is 2. The first-order chi connectivity index (χ1) is 5.22. The van der Waals surface area contributed by atoms with Crippen LogP contribution in [0, 0.1) is 5.41 Å².